The van der Waals surface area contributed by atoms with Gasteiger partial charge in [-0.25, -0.2) is 9.48 Å². The van der Waals surface area contributed by atoms with Gasteiger partial charge in [-0.05, 0) is 29.7 Å². The molecule has 222 valence electrons. The highest BCUT2D eigenvalue weighted by Gasteiger charge is 2.60. The summed E-state index contributed by atoms with van der Waals surface area (Å²) >= 11 is 1.43. The van der Waals surface area contributed by atoms with E-state index in [0.717, 1.165) is 6.54 Å². The lowest BCUT2D eigenvalue weighted by Gasteiger charge is -2.47. The van der Waals surface area contributed by atoms with Crippen LogP contribution in [-0.2, 0) is 25.7 Å². The monoisotopic (exact) mass is 589 g/mol. The van der Waals surface area contributed by atoms with Gasteiger partial charge in [0, 0.05) is 60.3 Å². The first kappa shape index (κ1) is 28.1. The van der Waals surface area contributed by atoms with Crippen molar-refractivity contribution in [3.8, 4) is 0 Å². The highest BCUT2D eigenvalue weighted by atomic mass is 32.2. The Morgan fingerprint density at radius 2 is 2.12 bits per heavy atom. The third-order valence-corrected chi connectivity index (χ3v) is 10.9. The summed E-state index contributed by atoms with van der Waals surface area (Å²) in [4.78, 5) is 55.2. The Balaban J connectivity index is 1.09. The van der Waals surface area contributed by atoms with Gasteiger partial charge in [-0.3, -0.25) is 14.4 Å². The number of nitrogens with zero attached hydrogens (tertiary/aromatic N) is 6. The molecule has 1 aromatic heterocycles. The van der Waals surface area contributed by atoms with Crippen LogP contribution in [0.5, 0.6) is 0 Å². The second-order valence-corrected chi connectivity index (χ2v) is 13.2. The molecule has 4 fully saturated rings. The van der Waals surface area contributed by atoms with Gasteiger partial charge in [0.05, 0.1) is 24.6 Å². The van der Waals surface area contributed by atoms with Gasteiger partial charge in [0.25, 0.3) is 0 Å². The Morgan fingerprint density at radius 3 is 2.80 bits per heavy atom. The fourth-order valence-corrected chi connectivity index (χ4v) is 8.76. The minimum Gasteiger partial charge on any atom is -0.477 e. The molecular weight excluding hydrogens is 554 g/mol. The van der Waals surface area contributed by atoms with Crippen LogP contribution in [0.4, 0.5) is 0 Å². The van der Waals surface area contributed by atoms with Crippen molar-refractivity contribution < 1.29 is 29.4 Å². The van der Waals surface area contributed by atoms with Gasteiger partial charge >= 0.3 is 5.97 Å². The maximum absolute atomic E-state index is 13.4. The number of aliphatic hydroxyl groups excluding tert-OH is 1. The molecule has 0 saturated carbocycles. The van der Waals surface area contributed by atoms with Crippen LogP contribution in [0.1, 0.15) is 20.3 Å². The average Bonchev–Trinajstić information content (AvgIpc) is 3.73. The molecule has 16 heteroatoms. The lowest BCUT2D eigenvalue weighted by Crippen LogP contribution is -2.66. The maximum Gasteiger partial charge on any atom is 0.353 e. The molecule has 5 aliphatic heterocycles. The molecule has 5 aliphatic rings. The number of likely N-dealkylation sites (tertiary alicyclic amines) is 1. The first-order chi connectivity index (χ1) is 19.6. The number of aromatic nitrogens is 4. The van der Waals surface area contributed by atoms with Gasteiger partial charge in [-0.15, -0.1) is 16.9 Å². The van der Waals surface area contributed by atoms with Gasteiger partial charge < -0.3 is 36.0 Å². The summed E-state index contributed by atoms with van der Waals surface area (Å²) in [5.74, 6) is -2.37. The fraction of sp³-hybridized carbons (Fsp3) is 0.720. The van der Waals surface area contributed by atoms with Crippen molar-refractivity contribution in [1.29, 1.82) is 0 Å². The van der Waals surface area contributed by atoms with Crippen molar-refractivity contribution in [3.63, 3.8) is 0 Å². The van der Waals surface area contributed by atoms with Crippen LogP contribution in [-0.4, -0.2) is 127 Å². The first-order valence-corrected chi connectivity index (χ1v) is 14.8. The minimum atomic E-state index is -1.16. The SMILES string of the molecule is CC(NC(=O)Cn1cnnn1)[C@H]1C(=O)N2C(C(=O)O)=C(S[C@@H]3CN[C@H](C(=O)N4C[C@H]5CNC[C@@]5(CO)C4)C3)[C@H](C)[C@H]12. The zero-order valence-corrected chi connectivity index (χ0v) is 23.7. The van der Waals surface area contributed by atoms with Crippen LogP contribution >= 0.6 is 11.8 Å². The molecule has 0 aromatic carbocycles. The van der Waals surface area contributed by atoms with E-state index in [2.05, 4.69) is 31.5 Å². The number of tetrazole rings is 1. The number of aliphatic hydroxyl groups is 1. The molecule has 41 heavy (non-hydrogen) atoms. The van der Waals surface area contributed by atoms with Crippen LogP contribution in [0, 0.1) is 23.2 Å². The molecule has 0 radical (unpaired) electrons. The number of carbonyl (C=O) groups excluding carboxylic acids is 3. The lowest BCUT2D eigenvalue weighted by molar-refractivity contribution is -0.158. The third kappa shape index (κ3) is 4.70. The number of nitrogens with one attached hydrogen (secondary N) is 3. The van der Waals surface area contributed by atoms with Gasteiger partial charge in [-0.2, -0.15) is 0 Å². The van der Waals surface area contributed by atoms with Gasteiger partial charge in [0.2, 0.25) is 17.7 Å². The topological polar surface area (TPSA) is 195 Å². The molecule has 6 heterocycles. The number of carboxylic acid groups (broad SMARTS) is 1. The molecule has 15 nitrogen and oxygen atoms in total. The summed E-state index contributed by atoms with van der Waals surface area (Å²) in [5, 5.41) is 40.2. The number of carbonyl (C=O) groups is 4. The van der Waals surface area contributed by atoms with Crippen LogP contribution in [0.2, 0.25) is 0 Å². The Kier molecular flexibility index (Phi) is 7.28. The molecule has 8 atom stereocenters. The molecule has 0 aliphatic carbocycles. The highest BCUT2D eigenvalue weighted by molar-refractivity contribution is 8.03. The Bertz CT molecular complexity index is 1280. The van der Waals surface area contributed by atoms with Crippen molar-refractivity contribution in [2.24, 2.45) is 23.2 Å². The Labute approximate surface area is 240 Å². The number of hydrogen-bond acceptors (Lipinski definition) is 11. The second-order valence-electron chi connectivity index (χ2n) is 11.9. The van der Waals surface area contributed by atoms with Crippen molar-refractivity contribution in [2.45, 2.75) is 50.2 Å². The summed E-state index contributed by atoms with van der Waals surface area (Å²) in [7, 11) is 0. The summed E-state index contributed by atoms with van der Waals surface area (Å²) in [5.41, 5.74) is -0.273. The number of amides is 3. The molecule has 6 rings (SSSR count). The van der Waals surface area contributed by atoms with E-state index in [9.17, 15) is 29.4 Å². The Hall–Kier alpha value is -3.08. The molecule has 0 spiro atoms. The maximum atomic E-state index is 13.4. The molecule has 0 bridgehead atoms. The number of thioether (sulfide) groups is 1. The van der Waals surface area contributed by atoms with E-state index >= 15 is 0 Å². The fourth-order valence-electron chi connectivity index (χ4n) is 7.28. The lowest BCUT2D eigenvalue weighted by atomic mass is 9.78. The zero-order chi connectivity index (χ0) is 29.1. The van der Waals surface area contributed by atoms with E-state index in [-0.39, 0.29) is 71.2 Å². The average molecular weight is 590 g/mol. The predicted octanol–water partition coefficient (Wildman–Crippen LogP) is -2.55. The zero-order valence-electron chi connectivity index (χ0n) is 22.9. The summed E-state index contributed by atoms with van der Waals surface area (Å²) in [6.45, 7) is 6.82. The van der Waals surface area contributed by atoms with Crippen LogP contribution in [0.3, 0.4) is 0 Å². The summed E-state index contributed by atoms with van der Waals surface area (Å²) in [6, 6.07) is -1.26. The third-order valence-electron chi connectivity index (χ3n) is 9.40. The number of fused-ring (bicyclic) bond motifs is 2. The van der Waals surface area contributed by atoms with Crippen molar-refractivity contribution in [1.82, 2.24) is 46.0 Å². The van der Waals surface area contributed by atoms with Crippen molar-refractivity contribution >= 4 is 35.5 Å². The smallest absolute Gasteiger partial charge is 0.353 e. The number of hydrogen-bond donors (Lipinski definition) is 5. The van der Waals surface area contributed by atoms with E-state index in [1.165, 1.54) is 27.7 Å². The van der Waals surface area contributed by atoms with Crippen molar-refractivity contribution in [3.05, 3.63) is 16.9 Å². The van der Waals surface area contributed by atoms with Gasteiger partial charge in [0.15, 0.2) is 0 Å². The molecular formula is C25H35N9O6S. The number of rotatable bonds is 9. The molecule has 5 N–H and O–H groups in total. The highest BCUT2D eigenvalue weighted by Crippen LogP contribution is 2.52. The Morgan fingerprint density at radius 1 is 1.32 bits per heavy atom. The molecule has 3 amide bonds. The normalized spacial score (nSPS) is 35.0. The summed E-state index contributed by atoms with van der Waals surface area (Å²) < 4.78 is 1.28. The van der Waals surface area contributed by atoms with Crippen LogP contribution < -0.4 is 16.0 Å². The van der Waals surface area contributed by atoms with E-state index in [4.69, 9.17) is 0 Å². The minimum absolute atomic E-state index is 0.000462. The van der Waals surface area contributed by atoms with Gasteiger partial charge in [0.1, 0.15) is 18.6 Å². The number of carboxylic acids is 1. The van der Waals surface area contributed by atoms with Crippen LogP contribution in [0.25, 0.3) is 0 Å². The standard InChI is InChI=1S/C25H35N9O6S/c1-12-19-18(13(2)29-17(36)7-33-11-28-30-31-33)23(38)34(19)20(24(39)40)21(12)41-15-3-16(27-5-15)22(37)32-6-14-4-26-8-25(14,9-32)10-35/h11-16,18-19,26-27,35H,3-10H2,1-2H3,(H,29,36)(H,39,40)/t12-,13?,14-,15+,16+,18-,19-,25+/m1/s1. The predicted molar refractivity (Wildman–Crippen MR) is 144 cm³/mol. The van der Waals surface area contributed by atoms with Crippen LogP contribution in [0.15, 0.2) is 16.9 Å². The van der Waals surface area contributed by atoms with Gasteiger partial charge in [-0.1, -0.05) is 6.92 Å². The molecule has 4 saturated heterocycles. The molecule has 1 aromatic rings. The quantitative estimate of drug-likeness (QED) is 0.190. The van der Waals surface area contributed by atoms with E-state index < -0.39 is 17.9 Å². The number of β-lactam (4-membered cyclic amide) rings is 1. The second kappa shape index (κ2) is 10.6. The first-order valence-electron chi connectivity index (χ1n) is 13.9. The van der Waals surface area contributed by atoms with Crippen molar-refractivity contribution in [2.75, 3.05) is 39.3 Å². The van der Waals surface area contributed by atoms with E-state index in [1.54, 1.807) is 6.92 Å². The van der Waals surface area contributed by atoms with E-state index in [0.29, 0.717) is 37.5 Å². The van der Waals surface area contributed by atoms with E-state index in [1.807, 2.05) is 11.8 Å². The summed E-state index contributed by atoms with van der Waals surface area (Å²) in [6.07, 6.45) is 1.87. The molecule has 1 unspecified atom stereocenters. The largest absolute Gasteiger partial charge is 0.477 e. The number of aliphatic carboxylic acids is 1.